The summed E-state index contributed by atoms with van der Waals surface area (Å²) in [5.41, 5.74) is 7.23. The topological polar surface area (TPSA) is 41.8 Å². The summed E-state index contributed by atoms with van der Waals surface area (Å²) >= 11 is 0. The molecule has 3 aromatic rings. The molecule has 0 saturated carbocycles. The second-order valence-corrected chi connectivity index (χ2v) is 5.07. The number of nitrogens with one attached hydrogen (secondary N) is 1. The minimum Gasteiger partial charge on any atom is -0.364 e. The van der Waals surface area contributed by atoms with Crippen molar-refractivity contribution in [2.45, 2.75) is 26.2 Å². The number of aryl methyl sites for hydroxylation is 3. The molecule has 1 aliphatic rings. The molecule has 3 nitrogen and oxygen atoms in total. The molecule has 0 atom stereocenters. The van der Waals surface area contributed by atoms with E-state index >= 15 is 0 Å². The summed E-state index contributed by atoms with van der Waals surface area (Å²) in [6.07, 6.45) is 5.09. The fourth-order valence-electron chi connectivity index (χ4n) is 2.93. The van der Waals surface area contributed by atoms with E-state index in [1.807, 2.05) is 0 Å². The number of benzene rings is 1. The Morgan fingerprint density at radius 2 is 2.22 bits per heavy atom. The van der Waals surface area contributed by atoms with E-state index in [1.54, 1.807) is 6.26 Å². The van der Waals surface area contributed by atoms with Crippen molar-refractivity contribution < 1.29 is 4.52 Å². The molecule has 0 unspecified atom stereocenters. The van der Waals surface area contributed by atoms with E-state index in [9.17, 15) is 0 Å². The highest BCUT2D eigenvalue weighted by Crippen LogP contribution is 2.35. The lowest BCUT2D eigenvalue weighted by Gasteiger charge is -1.98. The van der Waals surface area contributed by atoms with Crippen LogP contribution in [0.3, 0.4) is 0 Å². The lowest BCUT2D eigenvalue weighted by atomic mass is 10.1. The number of rotatable bonds is 0. The molecule has 0 amide bonds. The lowest BCUT2D eigenvalue weighted by Crippen LogP contribution is -1.84. The number of aromatic amines is 1. The van der Waals surface area contributed by atoms with E-state index in [0.717, 1.165) is 30.7 Å². The fraction of sp³-hybridized carbons (Fsp3) is 0.267. The third-order valence-corrected chi connectivity index (χ3v) is 3.81. The normalized spacial score (nSPS) is 14.3. The van der Waals surface area contributed by atoms with Gasteiger partial charge in [-0.05, 0) is 43.4 Å². The number of hydrogen-bond acceptors (Lipinski definition) is 2. The van der Waals surface area contributed by atoms with Gasteiger partial charge < -0.3 is 9.51 Å². The van der Waals surface area contributed by atoms with Crippen LogP contribution in [0.1, 0.15) is 23.1 Å². The minimum atomic E-state index is 0.997. The second kappa shape index (κ2) is 3.48. The van der Waals surface area contributed by atoms with Crippen molar-refractivity contribution in [2.75, 3.05) is 0 Å². The Morgan fingerprint density at radius 3 is 3.17 bits per heavy atom. The van der Waals surface area contributed by atoms with E-state index in [2.05, 4.69) is 35.3 Å². The molecular formula is C15H14N2O. The number of H-pyrrole nitrogens is 1. The van der Waals surface area contributed by atoms with Gasteiger partial charge in [0, 0.05) is 16.5 Å². The van der Waals surface area contributed by atoms with Crippen LogP contribution in [0.2, 0.25) is 0 Å². The molecule has 1 N–H and O–H groups in total. The molecule has 90 valence electrons. The molecule has 2 heterocycles. The summed E-state index contributed by atoms with van der Waals surface area (Å²) in [5.74, 6) is 0. The van der Waals surface area contributed by atoms with Crippen LogP contribution < -0.4 is 0 Å². The first-order valence-corrected chi connectivity index (χ1v) is 6.38. The van der Waals surface area contributed by atoms with Crippen LogP contribution >= 0.6 is 0 Å². The molecule has 3 heteroatoms. The monoisotopic (exact) mass is 238 g/mol. The summed E-state index contributed by atoms with van der Waals surface area (Å²) in [6.45, 7) is 2.12. The van der Waals surface area contributed by atoms with Crippen LogP contribution in [-0.4, -0.2) is 10.1 Å². The van der Waals surface area contributed by atoms with Gasteiger partial charge in [-0.2, -0.15) is 0 Å². The summed E-state index contributed by atoms with van der Waals surface area (Å²) in [7, 11) is 0. The summed E-state index contributed by atoms with van der Waals surface area (Å²) in [6, 6.07) is 6.58. The first-order chi connectivity index (χ1) is 8.83. The Bertz CT molecular complexity index is 736. The highest BCUT2D eigenvalue weighted by Gasteiger charge is 2.21. The first kappa shape index (κ1) is 9.95. The maximum Gasteiger partial charge on any atom is 0.133 e. The number of aromatic nitrogens is 2. The van der Waals surface area contributed by atoms with E-state index in [1.165, 1.54) is 27.6 Å². The largest absolute Gasteiger partial charge is 0.364 e. The molecule has 0 radical (unpaired) electrons. The zero-order chi connectivity index (χ0) is 12.1. The van der Waals surface area contributed by atoms with E-state index in [4.69, 9.17) is 4.52 Å². The van der Waals surface area contributed by atoms with Gasteiger partial charge in [0.25, 0.3) is 0 Å². The van der Waals surface area contributed by atoms with Crippen LogP contribution in [0.15, 0.2) is 29.0 Å². The van der Waals surface area contributed by atoms with E-state index < -0.39 is 0 Å². The van der Waals surface area contributed by atoms with Gasteiger partial charge in [0.15, 0.2) is 0 Å². The molecule has 0 spiro atoms. The Labute approximate surface area is 105 Å². The SMILES string of the molecule is Cc1ccc2c3c([nH]c2c1)-c1nocc1CCC3. The standard InChI is InChI=1S/C15H14N2O/c1-9-5-6-11-12-4-2-3-10-8-18-17-14(10)15(12)16-13(11)7-9/h5-8,16H,2-4H2,1H3. The molecule has 4 rings (SSSR count). The van der Waals surface area contributed by atoms with Gasteiger partial charge in [0.05, 0.1) is 5.69 Å². The number of fused-ring (bicyclic) bond motifs is 5. The van der Waals surface area contributed by atoms with Crippen LogP contribution in [-0.2, 0) is 12.8 Å². The van der Waals surface area contributed by atoms with Gasteiger partial charge in [-0.15, -0.1) is 0 Å². The molecule has 18 heavy (non-hydrogen) atoms. The minimum absolute atomic E-state index is 0.997. The van der Waals surface area contributed by atoms with Crippen molar-refractivity contribution in [3.05, 3.63) is 41.2 Å². The van der Waals surface area contributed by atoms with Crippen LogP contribution in [0.4, 0.5) is 0 Å². The van der Waals surface area contributed by atoms with Crippen LogP contribution in [0.5, 0.6) is 0 Å². The summed E-state index contributed by atoms with van der Waals surface area (Å²) in [5, 5.41) is 5.49. The second-order valence-electron chi connectivity index (χ2n) is 5.07. The highest BCUT2D eigenvalue weighted by atomic mass is 16.5. The smallest absolute Gasteiger partial charge is 0.133 e. The predicted molar refractivity (Wildman–Crippen MR) is 70.6 cm³/mol. The Balaban J connectivity index is 2.08. The van der Waals surface area contributed by atoms with Crippen molar-refractivity contribution in [3.63, 3.8) is 0 Å². The van der Waals surface area contributed by atoms with Gasteiger partial charge in [0.1, 0.15) is 12.0 Å². The average Bonchev–Trinajstić information content (AvgIpc) is 2.90. The maximum atomic E-state index is 5.13. The van der Waals surface area contributed by atoms with Gasteiger partial charge in [0.2, 0.25) is 0 Å². The fourth-order valence-corrected chi connectivity index (χ4v) is 2.93. The van der Waals surface area contributed by atoms with Crippen LogP contribution in [0.25, 0.3) is 22.3 Å². The van der Waals surface area contributed by atoms with Crippen molar-refractivity contribution >= 4 is 10.9 Å². The number of nitrogens with zero attached hydrogens (tertiary/aromatic N) is 1. The molecule has 0 fully saturated rings. The summed E-state index contributed by atoms with van der Waals surface area (Å²) < 4.78 is 5.13. The van der Waals surface area contributed by atoms with Gasteiger partial charge in [-0.25, -0.2) is 0 Å². The van der Waals surface area contributed by atoms with Crippen molar-refractivity contribution in [3.8, 4) is 11.4 Å². The maximum absolute atomic E-state index is 5.13. The van der Waals surface area contributed by atoms with E-state index in [0.29, 0.717) is 0 Å². The highest BCUT2D eigenvalue weighted by molar-refractivity contribution is 5.91. The molecule has 1 aliphatic carbocycles. The Hall–Kier alpha value is -2.03. The van der Waals surface area contributed by atoms with Crippen molar-refractivity contribution in [2.24, 2.45) is 0 Å². The number of hydrogen-bond donors (Lipinski definition) is 1. The molecule has 1 aromatic carbocycles. The molecular weight excluding hydrogens is 224 g/mol. The molecule has 0 bridgehead atoms. The molecule has 0 saturated heterocycles. The van der Waals surface area contributed by atoms with Gasteiger partial charge in [-0.3, -0.25) is 0 Å². The van der Waals surface area contributed by atoms with Crippen LogP contribution in [0, 0.1) is 6.92 Å². The first-order valence-electron chi connectivity index (χ1n) is 6.38. The summed E-state index contributed by atoms with van der Waals surface area (Å²) in [4.78, 5) is 3.52. The molecule has 0 aliphatic heterocycles. The average molecular weight is 238 g/mol. The quantitative estimate of drug-likeness (QED) is 0.650. The van der Waals surface area contributed by atoms with Gasteiger partial charge >= 0.3 is 0 Å². The zero-order valence-electron chi connectivity index (χ0n) is 10.3. The van der Waals surface area contributed by atoms with E-state index in [-0.39, 0.29) is 0 Å². The lowest BCUT2D eigenvalue weighted by molar-refractivity contribution is 0.420. The predicted octanol–water partition coefficient (Wildman–Crippen LogP) is 3.62. The third kappa shape index (κ3) is 1.27. The Morgan fingerprint density at radius 1 is 1.28 bits per heavy atom. The van der Waals surface area contributed by atoms with Crippen molar-refractivity contribution in [1.82, 2.24) is 10.1 Å². The van der Waals surface area contributed by atoms with Gasteiger partial charge in [-0.1, -0.05) is 17.3 Å². The molecule has 2 aromatic heterocycles. The van der Waals surface area contributed by atoms with Crippen molar-refractivity contribution in [1.29, 1.82) is 0 Å². The Kier molecular flexibility index (Phi) is 1.92. The zero-order valence-corrected chi connectivity index (χ0v) is 10.3. The third-order valence-electron chi connectivity index (χ3n) is 3.81.